The molecule has 0 heterocycles. The first-order valence-electron chi connectivity index (χ1n) is 6.20. The molecule has 0 aliphatic heterocycles. The van der Waals surface area contributed by atoms with Crippen molar-refractivity contribution in [1.82, 2.24) is 0 Å². The Morgan fingerprint density at radius 3 is 2.75 bits per heavy atom. The molecule has 0 saturated heterocycles. The number of benzene rings is 1. The van der Waals surface area contributed by atoms with Gasteiger partial charge in [0.25, 0.3) is 0 Å². The zero-order chi connectivity index (χ0) is 11.8. The molecule has 16 heavy (non-hydrogen) atoms. The van der Waals surface area contributed by atoms with Gasteiger partial charge < -0.3 is 5.73 Å². The third kappa shape index (κ3) is 4.58. The van der Waals surface area contributed by atoms with Gasteiger partial charge in [-0.2, -0.15) is 0 Å². The molecule has 2 N–H and O–H groups in total. The lowest BCUT2D eigenvalue weighted by Gasteiger charge is -2.09. The lowest BCUT2D eigenvalue weighted by Crippen LogP contribution is -2.04. The third-order valence-corrected chi connectivity index (χ3v) is 3.84. The molecule has 1 nitrogen and oxygen atoms in total. The van der Waals surface area contributed by atoms with Gasteiger partial charge >= 0.3 is 0 Å². The van der Waals surface area contributed by atoms with Gasteiger partial charge in [0.15, 0.2) is 0 Å². The van der Waals surface area contributed by atoms with Crippen LogP contribution in [0, 0.1) is 6.92 Å². The molecular weight excluding hydrogens is 214 g/mol. The maximum absolute atomic E-state index is 5.65. The number of hydrogen-bond donors (Lipinski definition) is 1. The van der Waals surface area contributed by atoms with E-state index < -0.39 is 0 Å². The second-order valence-corrected chi connectivity index (χ2v) is 5.34. The Morgan fingerprint density at radius 1 is 1.25 bits per heavy atom. The van der Waals surface area contributed by atoms with Gasteiger partial charge in [0.1, 0.15) is 0 Å². The van der Waals surface area contributed by atoms with Gasteiger partial charge in [-0.1, -0.05) is 37.5 Å². The Bertz CT molecular complexity index is 310. The first-order chi connectivity index (χ1) is 7.77. The minimum atomic E-state index is 0.742. The van der Waals surface area contributed by atoms with Crippen molar-refractivity contribution in [1.29, 1.82) is 0 Å². The second kappa shape index (κ2) is 7.75. The quantitative estimate of drug-likeness (QED) is 0.577. The molecule has 0 atom stereocenters. The topological polar surface area (TPSA) is 26.0 Å². The fraction of sp³-hybridized carbons (Fsp3) is 0.571. The van der Waals surface area contributed by atoms with Crippen LogP contribution in [0.4, 0.5) is 0 Å². The molecule has 0 aliphatic rings. The molecule has 0 saturated carbocycles. The molecule has 1 aromatic carbocycles. The summed E-state index contributed by atoms with van der Waals surface area (Å²) in [5.74, 6) is 1.23. The Hall–Kier alpha value is -0.470. The van der Waals surface area contributed by atoms with Crippen LogP contribution < -0.4 is 5.73 Å². The highest BCUT2D eigenvalue weighted by Crippen LogP contribution is 2.25. The lowest BCUT2D eigenvalue weighted by atomic mass is 10.1. The van der Waals surface area contributed by atoms with E-state index in [0.717, 1.165) is 13.0 Å². The van der Waals surface area contributed by atoms with Crippen LogP contribution in [0.25, 0.3) is 0 Å². The molecule has 0 aromatic heterocycles. The van der Waals surface area contributed by atoms with Crippen molar-refractivity contribution in [2.24, 2.45) is 5.73 Å². The summed E-state index contributed by atoms with van der Waals surface area (Å²) in [5.41, 5.74) is 8.40. The van der Waals surface area contributed by atoms with E-state index in [9.17, 15) is 0 Å². The van der Waals surface area contributed by atoms with E-state index >= 15 is 0 Å². The fourth-order valence-corrected chi connectivity index (χ4v) is 2.81. The van der Waals surface area contributed by atoms with Crippen LogP contribution in [-0.4, -0.2) is 12.3 Å². The van der Waals surface area contributed by atoms with Crippen molar-refractivity contribution >= 4 is 11.8 Å². The molecule has 90 valence electrons. The largest absolute Gasteiger partial charge is 0.330 e. The summed E-state index contributed by atoms with van der Waals surface area (Å²) in [6, 6.07) is 6.72. The number of aryl methyl sites for hydroxylation is 1. The van der Waals surface area contributed by atoms with Gasteiger partial charge in [0, 0.05) is 4.90 Å². The van der Waals surface area contributed by atoms with Gasteiger partial charge in [-0.15, -0.1) is 11.8 Å². The first-order valence-corrected chi connectivity index (χ1v) is 7.19. The summed E-state index contributed by atoms with van der Waals surface area (Å²) in [5, 5.41) is 0. The number of nitrogens with two attached hydrogens (primary N) is 1. The molecule has 1 aromatic rings. The van der Waals surface area contributed by atoms with Crippen molar-refractivity contribution in [3.8, 4) is 0 Å². The highest BCUT2D eigenvalue weighted by Gasteiger charge is 2.02. The third-order valence-electron chi connectivity index (χ3n) is 2.64. The Labute approximate surface area is 104 Å². The van der Waals surface area contributed by atoms with E-state index in [-0.39, 0.29) is 0 Å². The predicted octanol–water partition coefficient (Wildman–Crippen LogP) is 3.78. The summed E-state index contributed by atoms with van der Waals surface area (Å²) < 4.78 is 0. The minimum Gasteiger partial charge on any atom is -0.330 e. The van der Waals surface area contributed by atoms with E-state index in [1.807, 2.05) is 11.8 Å². The average Bonchev–Trinajstić information content (AvgIpc) is 2.27. The molecule has 0 spiro atoms. The highest BCUT2D eigenvalue weighted by molar-refractivity contribution is 7.99. The summed E-state index contributed by atoms with van der Waals surface area (Å²) >= 11 is 1.98. The molecule has 0 bridgehead atoms. The molecule has 1 rings (SSSR count). The maximum Gasteiger partial charge on any atom is 0.0105 e. The fourth-order valence-electron chi connectivity index (χ4n) is 1.73. The van der Waals surface area contributed by atoms with Gasteiger partial charge in [0.2, 0.25) is 0 Å². The van der Waals surface area contributed by atoms with Crippen LogP contribution in [0.1, 0.15) is 37.3 Å². The van der Waals surface area contributed by atoms with Gasteiger partial charge in [-0.05, 0) is 43.7 Å². The Balaban J connectivity index is 2.56. The summed E-state index contributed by atoms with van der Waals surface area (Å²) in [4.78, 5) is 1.42. The zero-order valence-electron chi connectivity index (χ0n) is 10.5. The number of thioether (sulfide) groups is 1. The monoisotopic (exact) mass is 237 g/mol. The smallest absolute Gasteiger partial charge is 0.0105 e. The predicted molar refractivity (Wildman–Crippen MR) is 74.2 cm³/mol. The molecule has 0 radical (unpaired) electrons. The van der Waals surface area contributed by atoms with E-state index in [2.05, 4.69) is 32.0 Å². The first kappa shape index (κ1) is 13.6. The van der Waals surface area contributed by atoms with Gasteiger partial charge in [-0.25, -0.2) is 0 Å². The lowest BCUT2D eigenvalue weighted by molar-refractivity contribution is 0.778. The molecule has 0 aliphatic carbocycles. The maximum atomic E-state index is 5.65. The van der Waals surface area contributed by atoms with Crippen molar-refractivity contribution in [3.05, 3.63) is 29.3 Å². The van der Waals surface area contributed by atoms with E-state index in [1.54, 1.807) is 0 Å². The average molecular weight is 237 g/mol. The van der Waals surface area contributed by atoms with Crippen LogP contribution in [0.2, 0.25) is 0 Å². The molecule has 0 amide bonds. The van der Waals surface area contributed by atoms with Gasteiger partial charge in [0.05, 0.1) is 0 Å². The van der Waals surface area contributed by atoms with E-state index in [1.165, 1.54) is 41.0 Å². The number of hydrogen-bond acceptors (Lipinski definition) is 2. The van der Waals surface area contributed by atoms with Crippen molar-refractivity contribution in [2.45, 2.75) is 44.4 Å². The van der Waals surface area contributed by atoms with Crippen LogP contribution in [-0.2, 0) is 6.42 Å². The van der Waals surface area contributed by atoms with E-state index in [4.69, 9.17) is 5.73 Å². The van der Waals surface area contributed by atoms with Crippen LogP contribution in [0.3, 0.4) is 0 Å². The van der Waals surface area contributed by atoms with Crippen molar-refractivity contribution in [3.63, 3.8) is 0 Å². The second-order valence-electron chi connectivity index (χ2n) is 4.21. The zero-order valence-corrected chi connectivity index (χ0v) is 11.3. The molecule has 0 fully saturated rings. The van der Waals surface area contributed by atoms with Crippen molar-refractivity contribution in [2.75, 3.05) is 12.3 Å². The molecule has 2 heteroatoms. The normalized spacial score (nSPS) is 10.7. The van der Waals surface area contributed by atoms with Crippen molar-refractivity contribution < 1.29 is 0 Å². The summed E-state index contributed by atoms with van der Waals surface area (Å²) in [6.07, 6.45) is 4.95. The highest BCUT2D eigenvalue weighted by atomic mass is 32.2. The van der Waals surface area contributed by atoms with Crippen LogP contribution >= 0.6 is 11.8 Å². The Kier molecular flexibility index (Phi) is 6.58. The van der Waals surface area contributed by atoms with Crippen LogP contribution in [0.15, 0.2) is 23.1 Å². The number of rotatable bonds is 7. The molecule has 0 unspecified atom stereocenters. The summed E-state index contributed by atoms with van der Waals surface area (Å²) in [6.45, 7) is 5.13. The SMILES string of the molecule is CCCCCSc1ccc(C)cc1CCN. The summed E-state index contributed by atoms with van der Waals surface area (Å²) in [7, 11) is 0. The molecular formula is C14H23NS. The van der Waals surface area contributed by atoms with Gasteiger partial charge in [-0.3, -0.25) is 0 Å². The Morgan fingerprint density at radius 2 is 2.06 bits per heavy atom. The standard InChI is InChI=1S/C14H23NS/c1-3-4-5-10-16-14-7-6-12(2)11-13(14)8-9-15/h6-7,11H,3-5,8-10,15H2,1-2H3. The van der Waals surface area contributed by atoms with E-state index in [0.29, 0.717) is 0 Å². The van der Waals surface area contributed by atoms with Crippen LogP contribution in [0.5, 0.6) is 0 Å². The minimum absolute atomic E-state index is 0.742. The number of unbranched alkanes of at least 4 members (excludes halogenated alkanes) is 2.